The summed E-state index contributed by atoms with van der Waals surface area (Å²) < 4.78 is 0. The lowest BCUT2D eigenvalue weighted by Crippen LogP contribution is -2.23. The summed E-state index contributed by atoms with van der Waals surface area (Å²) in [6.07, 6.45) is 0. The number of nitrogens with zero attached hydrogens (tertiary/aromatic N) is 1. The number of rotatable bonds is 5. The van der Waals surface area contributed by atoms with Crippen LogP contribution in [0.1, 0.15) is 15.9 Å². The van der Waals surface area contributed by atoms with Crippen molar-refractivity contribution in [3.63, 3.8) is 0 Å². The van der Waals surface area contributed by atoms with Gasteiger partial charge in [0.05, 0.1) is 0 Å². The van der Waals surface area contributed by atoms with Crippen molar-refractivity contribution < 1.29 is 4.79 Å². The van der Waals surface area contributed by atoms with E-state index in [1.54, 1.807) is 0 Å². The SMILES string of the molecule is CN(C)c1ccc(CNC(=O)c2ccccc2-c2ccccc2)cc1. The van der Waals surface area contributed by atoms with Crippen molar-refractivity contribution in [1.29, 1.82) is 0 Å². The number of anilines is 1. The van der Waals surface area contributed by atoms with Crippen LogP contribution in [0.15, 0.2) is 78.9 Å². The second kappa shape index (κ2) is 7.67. The first kappa shape index (κ1) is 16.8. The first-order valence-electron chi connectivity index (χ1n) is 8.34. The molecule has 0 unspecified atom stereocenters. The summed E-state index contributed by atoms with van der Waals surface area (Å²) in [5.41, 5.74) is 4.91. The van der Waals surface area contributed by atoms with E-state index in [4.69, 9.17) is 0 Å². The number of amides is 1. The van der Waals surface area contributed by atoms with E-state index in [1.807, 2.05) is 80.8 Å². The molecule has 0 saturated heterocycles. The number of hydrogen-bond acceptors (Lipinski definition) is 2. The summed E-state index contributed by atoms with van der Waals surface area (Å²) in [7, 11) is 4.02. The lowest BCUT2D eigenvalue weighted by Gasteiger charge is -2.13. The molecule has 0 saturated carbocycles. The van der Waals surface area contributed by atoms with Gasteiger partial charge < -0.3 is 10.2 Å². The Balaban J connectivity index is 1.74. The van der Waals surface area contributed by atoms with Gasteiger partial charge >= 0.3 is 0 Å². The Hall–Kier alpha value is -3.07. The highest BCUT2D eigenvalue weighted by Gasteiger charge is 2.11. The molecule has 25 heavy (non-hydrogen) atoms. The van der Waals surface area contributed by atoms with Crippen LogP contribution in [0, 0.1) is 0 Å². The molecule has 0 aliphatic carbocycles. The molecule has 0 aliphatic rings. The van der Waals surface area contributed by atoms with Crippen LogP contribution in [-0.4, -0.2) is 20.0 Å². The van der Waals surface area contributed by atoms with Crippen LogP contribution in [0.25, 0.3) is 11.1 Å². The second-order valence-corrected chi connectivity index (χ2v) is 6.16. The van der Waals surface area contributed by atoms with Crippen LogP contribution in [0.2, 0.25) is 0 Å². The Morgan fingerprint density at radius 1 is 0.840 bits per heavy atom. The third kappa shape index (κ3) is 4.07. The Morgan fingerprint density at radius 2 is 1.48 bits per heavy atom. The summed E-state index contributed by atoms with van der Waals surface area (Å²) in [6, 6.07) is 25.9. The van der Waals surface area contributed by atoms with E-state index in [0.717, 1.165) is 22.4 Å². The van der Waals surface area contributed by atoms with E-state index in [-0.39, 0.29) is 5.91 Å². The minimum absolute atomic E-state index is 0.0591. The largest absolute Gasteiger partial charge is 0.378 e. The highest BCUT2D eigenvalue weighted by Crippen LogP contribution is 2.23. The first-order valence-corrected chi connectivity index (χ1v) is 8.34. The van der Waals surface area contributed by atoms with Gasteiger partial charge in [0.15, 0.2) is 0 Å². The van der Waals surface area contributed by atoms with E-state index in [1.165, 1.54) is 0 Å². The van der Waals surface area contributed by atoms with Gasteiger partial charge in [0.2, 0.25) is 0 Å². The molecule has 3 nitrogen and oxygen atoms in total. The first-order chi connectivity index (χ1) is 12.1. The van der Waals surface area contributed by atoms with Crippen LogP contribution in [0.3, 0.4) is 0 Å². The smallest absolute Gasteiger partial charge is 0.252 e. The topological polar surface area (TPSA) is 32.3 Å². The molecule has 0 radical (unpaired) electrons. The van der Waals surface area contributed by atoms with Gasteiger partial charge in [0, 0.05) is 31.9 Å². The van der Waals surface area contributed by atoms with E-state index in [0.29, 0.717) is 12.1 Å². The number of benzene rings is 3. The van der Waals surface area contributed by atoms with Crippen molar-refractivity contribution in [3.05, 3.63) is 90.0 Å². The number of hydrogen-bond donors (Lipinski definition) is 1. The molecule has 3 rings (SSSR count). The molecule has 0 heterocycles. The van der Waals surface area contributed by atoms with Crippen LogP contribution < -0.4 is 10.2 Å². The summed E-state index contributed by atoms with van der Waals surface area (Å²) in [5.74, 6) is -0.0591. The molecule has 1 amide bonds. The van der Waals surface area contributed by atoms with E-state index >= 15 is 0 Å². The molecule has 1 N–H and O–H groups in total. The molecule has 0 bridgehead atoms. The monoisotopic (exact) mass is 330 g/mol. The van der Waals surface area contributed by atoms with E-state index < -0.39 is 0 Å². The highest BCUT2D eigenvalue weighted by atomic mass is 16.1. The van der Waals surface area contributed by atoms with Gasteiger partial charge in [0.25, 0.3) is 5.91 Å². The Bertz CT molecular complexity index is 839. The molecular formula is C22H22N2O. The van der Waals surface area contributed by atoms with Crippen LogP contribution in [0.4, 0.5) is 5.69 Å². The van der Waals surface area contributed by atoms with E-state index in [9.17, 15) is 4.79 Å². The van der Waals surface area contributed by atoms with Crippen LogP contribution in [-0.2, 0) is 6.54 Å². The lowest BCUT2D eigenvalue weighted by atomic mass is 9.99. The van der Waals surface area contributed by atoms with Crippen molar-refractivity contribution in [1.82, 2.24) is 5.32 Å². The van der Waals surface area contributed by atoms with Gasteiger partial charge in [-0.1, -0.05) is 60.7 Å². The van der Waals surface area contributed by atoms with Crippen molar-refractivity contribution in [2.45, 2.75) is 6.54 Å². The average molecular weight is 330 g/mol. The third-order valence-electron chi connectivity index (χ3n) is 4.16. The predicted octanol–water partition coefficient (Wildman–Crippen LogP) is 4.35. The van der Waals surface area contributed by atoms with Gasteiger partial charge in [0.1, 0.15) is 0 Å². The minimum Gasteiger partial charge on any atom is -0.378 e. The fourth-order valence-corrected chi connectivity index (χ4v) is 2.74. The lowest BCUT2D eigenvalue weighted by molar-refractivity contribution is 0.0951. The number of nitrogens with one attached hydrogen (secondary N) is 1. The van der Waals surface area contributed by atoms with Crippen molar-refractivity contribution in [2.24, 2.45) is 0 Å². The predicted molar refractivity (Wildman–Crippen MR) is 104 cm³/mol. The summed E-state index contributed by atoms with van der Waals surface area (Å²) in [6.45, 7) is 0.510. The Kier molecular flexibility index (Phi) is 5.14. The quantitative estimate of drug-likeness (QED) is 0.754. The van der Waals surface area contributed by atoms with Crippen LogP contribution >= 0.6 is 0 Å². The molecule has 3 aromatic rings. The zero-order valence-electron chi connectivity index (χ0n) is 14.6. The zero-order valence-corrected chi connectivity index (χ0v) is 14.6. The van der Waals surface area contributed by atoms with Crippen molar-refractivity contribution >= 4 is 11.6 Å². The van der Waals surface area contributed by atoms with Crippen LogP contribution in [0.5, 0.6) is 0 Å². The molecule has 126 valence electrons. The maximum Gasteiger partial charge on any atom is 0.252 e. The standard InChI is InChI=1S/C22H22N2O/c1-24(2)19-14-12-17(13-15-19)16-23-22(25)21-11-7-6-10-20(21)18-8-4-3-5-9-18/h3-15H,16H2,1-2H3,(H,23,25). The second-order valence-electron chi connectivity index (χ2n) is 6.16. The van der Waals surface area contributed by atoms with Gasteiger partial charge in [-0.3, -0.25) is 4.79 Å². The van der Waals surface area contributed by atoms with Gasteiger partial charge in [-0.2, -0.15) is 0 Å². The normalized spacial score (nSPS) is 10.3. The Labute approximate surface area is 148 Å². The van der Waals surface area contributed by atoms with Crippen molar-refractivity contribution in [2.75, 3.05) is 19.0 Å². The summed E-state index contributed by atoms with van der Waals surface area (Å²) in [5, 5.41) is 3.02. The molecule has 0 fully saturated rings. The molecule has 0 atom stereocenters. The molecule has 3 heteroatoms. The molecule has 0 spiro atoms. The molecule has 0 aliphatic heterocycles. The Morgan fingerprint density at radius 3 is 2.16 bits per heavy atom. The molecule has 0 aromatic heterocycles. The maximum absolute atomic E-state index is 12.7. The highest BCUT2D eigenvalue weighted by molar-refractivity contribution is 6.00. The number of carbonyl (C=O) groups excluding carboxylic acids is 1. The molecule has 3 aromatic carbocycles. The van der Waals surface area contributed by atoms with Crippen molar-refractivity contribution in [3.8, 4) is 11.1 Å². The zero-order chi connectivity index (χ0) is 17.6. The average Bonchev–Trinajstić information content (AvgIpc) is 2.67. The maximum atomic E-state index is 12.7. The summed E-state index contributed by atoms with van der Waals surface area (Å²) in [4.78, 5) is 14.7. The fourth-order valence-electron chi connectivity index (χ4n) is 2.74. The third-order valence-corrected chi connectivity index (χ3v) is 4.16. The fraction of sp³-hybridized carbons (Fsp3) is 0.136. The van der Waals surface area contributed by atoms with E-state index in [2.05, 4.69) is 22.3 Å². The number of carbonyl (C=O) groups is 1. The summed E-state index contributed by atoms with van der Waals surface area (Å²) >= 11 is 0. The van der Waals surface area contributed by atoms with Gasteiger partial charge in [-0.25, -0.2) is 0 Å². The van der Waals surface area contributed by atoms with Gasteiger partial charge in [-0.15, -0.1) is 0 Å². The van der Waals surface area contributed by atoms with Gasteiger partial charge in [-0.05, 0) is 34.9 Å². The molecular weight excluding hydrogens is 308 g/mol. The minimum atomic E-state index is -0.0591.